The molecule has 5 nitrogen and oxygen atoms in total. The van der Waals surface area contributed by atoms with Gasteiger partial charge in [-0.15, -0.1) is 0 Å². The molecule has 0 amide bonds. The SMILES string of the molecule is CCOC(=O)C1C(O)N(C)N[C@H]1C(F)(F)F. The van der Waals surface area contributed by atoms with Gasteiger partial charge < -0.3 is 9.84 Å². The molecule has 1 saturated heterocycles. The largest absolute Gasteiger partial charge is 0.466 e. The summed E-state index contributed by atoms with van der Waals surface area (Å²) in [5, 5.41) is 10.3. The van der Waals surface area contributed by atoms with Gasteiger partial charge in [-0.3, -0.25) is 4.79 Å². The van der Waals surface area contributed by atoms with Crippen LogP contribution in [0.15, 0.2) is 0 Å². The number of hydrogen-bond acceptors (Lipinski definition) is 5. The van der Waals surface area contributed by atoms with Gasteiger partial charge in [0.05, 0.1) is 6.61 Å². The molecule has 0 saturated carbocycles. The molecule has 0 radical (unpaired) electrons. The van der Waals surface area contributed by atoms with E-state index in [1.807, 2.05) is 5.43 Å². The first-order valence-corrected chi connectivity index (χ1v) is 4.69. The van der Waals surface area contributed by atoms with Crippen LogP contribution in [0.2, 0.25) is 0 Å². The first-order valence-electron chi connectivity index (χ1n) is 4.69. The zero-order valence-electron chi connectivity index (χ0n) is 8.78. The lowest BCUT2D eigenvalue weighted by Crippen LogP contribution is -2.46. The molecule has 1 rings (SSSR count). The Labute approximate surface area is 90.1 Å². The number of hydrogen-bond donors (Lipinski definition) is 2. The molecule has 8 heteroatoms. The number of aliphatic hydroxyl groups excluding tert-OH is 1. The Kier molecular flexibility index (Phi) is 3.76. The van der Waals surface area contributed by atoms with Crippen LogP contribution in [0.25, 0.3) is 0 Å². The fourth-order valence-electron chi connectivity index (χ4n) is 1.56. The minimum Gasteiger partial charge on any atom is -0.466 e. The third-order valence-electron chi connectivity index (χ3n) is 2.33. The number of carbonyl (C=O) groups excluding carboxylic acids is 1. The van der Waals surface area contributed by atoms with Crippen molar-refractivity contribution in [3.8, 4) is 0 Å². The van der Waals surface area contributed by atoms with Crippen LogP contribution in [0.3, 0.4) is 0 Å². The van der Waals surface area contributed by atoms with E-state index < -0.39 is 30.3 Å². The highest BCUT2D eigenvalue weighted by atomic mass is 19.4. The van der Waals surface area contributed by atoms with Crippen LogP contribution in [0.4, 0.5) is 13.2 Å². The van der Waals surface area contributed by atoms with Gasteiger partial charge in [-0.2, -0.15) is 13.2 Å². The molecule has 0 spiro atoms. The number of rotatable bonds is 2. The monoisotopic (exact) mass is 242 g/mol. The average Bonchev–Trinajstić information content (AvgIpc) is 2.43. The fourth-order valence-corrected chi connectivity index (χ4v) is 1.56. The highest BCUT2D eigenvalue weighted by Crippen LogP contribution is 2.33. The van der Waals surface area contributed by atoms with Gasteiger partial charge in [0.25, 0.3) is 0 Å². The van der Waals surface area contributed by atoms with Crippen molar-refractivity contribution in [2.24, 2.45) is 5.92 Å². The normalized spacial score (nSPS) is 31.8. The lowest BCUT2D eigenvalue weighted by Gasteiger charge is -2.20. The van der Waals surface area contributed by atoms with Crippen molar-refractivity contribution in [3.63, 3.8) is 0 Å². The lowest BCUT2D eigenvalue weighted by molar-refractivity contribution is -0.180. The van der Waals surface area contributed by atoms with E-state index in [0.29, 0.717) is 0 Å². The molecule has 3 atom stereocenters. The van der Waals surface area contributed by atoms with E-state index in [0.717, 1.165) is 5.01 Å². The van der Waals surface area contributed by atoms with Gasteiger partial charge in [0.1, 0.15) is 18.2 Å². The van der Waals surface area contributed by atoms with Crippen molar-refractivity contribution in [1.29, 1.82) is 0 Å². The highest BCUT2D eigenvalue weighted by molar-refractivity contribution is 5.74. The Morgan fingerprint density at radius 3 is 2.56 bits per heavy atom. The number of aliphatic hydroxyl groups is 1. The minimum atomic E-state index is -4.62. The third kappa shape index (κ3) is 2.45. The van der Waals surface area contributed by atoms with Gasteiger partial charge in [0, 0.05) is 7.05 Å². The Balaban J connectivity index is 2.88. The Morgan fingerprint density at radius 1 is 1.56 bits per heavy atom. The van der Waals surface area contributed by atoms with Crippen molar-refractivity contribution in [3.05, 3.63) is 0 Å². The van der Waals surface area contributed by atoms with Crippen molar-refractivity contribution in [1.82, 2.24) is 10.4 Å². The second kappa shape index (κ2) is 4.56. The summed E-state index contributed by atoms with van der Waals surface area (Å²) in [6.45, 7) is 1.45. The maximum atomic E-state index is 12.6. The van der Waals surface area contributed by atoms with Gasteiger partial charge in [-0.25, -0.2) is 10.4 Å². The van der Waals surface area contributed by atoms with Gasteiger partial charge in [-0.1, -0.05) is 0 Å². The molecule has 0 aliphatic carbocycles. The standard InChI is InChI=1S/C8H13F3N2O3/c1-3-16-7(15)4-5(8(9,10)11)12-13(2)6(4)14/h4-6,12,14H,3H2,1-2H3/t4?,5-,6?/m1/s1. The van der Waals surface area contributed by atoms with Crippen LogP contribution >= 0.6 is 0 Å². The summed E-state index contributed by atoms with van der Waals surface area (Å²) in [7, 11) is 1.22. The van der Waals surface area contributed by atoms with Crippen LogP contribution in [-0.2, 0) is 9.53 Å². The lowest BCUT2D eigenvalue weighted by atomic mass is 10.00. The molecular formula is C8H13F3N2O3. The summed E-state index contributed by atoms with van der Waals surface area (Å²) in [6, 6.07) is -2.12. The smallest absolute Gasteiger partial charge is 0.406 e. The van der Waals surface area contributed by atoms with Gasteiger partial charge in [0.15, 0.2) is 0 Å². The Bertz CT molecular complexity index is 272. The average molecular weight is 242 g/mol. The Hall–Kier alpha value is -0.860. The molecule has 0 aromatic heterocycles. The van der Waals surface area contributed by atoms with E-state index >= 15 is 0 Å². The summed E-state index contributed by atoms with van der Waals surface area (Å²) in [4.78, 5) is 11.3. The summed E-state index contributed by atoms with van der Waals surface area (Å²) in [6.07, 6.45) is -6.17. The first kappa shape index (κ1) is 13.2. The van der Waals surface area contributed by atoms with Gasteiger partial charge in [0.2, 0.25) is 0 Å². The predicted molar refractivity (Wildman–Crippen MR) is 46.9 cm³/mol. The van der Waals surface area contributed by atoms with Crippen LogP contribution < -0.4 is 5.43 Å². The highest BCUT2D eigenvalue weighted by Gasteiger charge is 2.56. The third-order valence-corrected chi connectivity index (χ3v) is 2.33. The van der Waals surface area contributed by atoms with Gasteiger partial charge >= 0.3 is 12.1 Å². The quantitative estimate of drug-likeness (QED) is 0.660. The molecule has 1 heterocycles. The summed E-state index contributed by atoms with van der Waals surface area (Å²) >= 11 is 0. The number of hydrazine groups is 1. The maximum Gasteiger partial charge on any atom is 0.406 e. The van der Waals surface area contributed by atoms with E-state index in [-0.39, 0.29) is 6.61 Å². The van der Waals surface area contributed by atoms with Crippen molar-refractivity contribution >= 4 is 5.97 Å². The molecule has 16 heavy (non-hydrogen) atoms. The number of nitrogens with zero attached hydrogens (tertiary/aromatic N) is 1. The number of alkyl halides is 3. The minimum absolute atomic E-state index is 0.0314. The number of ether oxygens (including phenoxy) is 1. The molecule has 0 aromatic rings. The second-order valence-electron chi connectivity index (χ2n) is 3.45. The number of esters is 1. The molecular weight excluding hydrogens is 229 g/mol. The molecule has 0 aromatic carbocycles. The van der Waals surface area contributed by atoms with Crippen LogP contribution in [-0.4, -0.2) is 48.2 Å². The fraction of sp³-hybridized carbons (Fsp3) is 0.875. The first-order chi connectivity index (χ1) is 7.29. The molecule has 1 aliphatic heterocycles. The van der Waals surface area contributed by atoms with Crippen LogP contribution in [0.1, 0.15) is 6.92 Å². The van der Waals surface area contributed by atoms with E-state index in [2.05, 4.69) is 4.74 Å². The van der Waals surface area contributed by atoms with E-state index in [1.54, 1.807) is 0 Å². The number of carbonyl (C=O) groups is 1. The topological polar surface area (TPSA) is 61.8 Å². The summed E-state index contributed by atoms with van der Waals surface area (Å²) in [5.41, 5.74) is 1.99. The Morgan fingerprint density at radius 2 is 2.12 bits per heavy atom. The second-order valence-corrected chi connectivity index (χ2v) is 3.45. The van der Waals surface area contributed by atoms with E-state index in [4.69, 9.17) is 0 Å². The molecule has 0 bridgehead atoms. The molecule has 2 unspecified atom stereocenters. The zero-order valence-corrected chi connectivity index (χ0v) is 8.78. The molecule has 1 aliphatic rings. The van der Waals surface area contributed by atoms with E-state index in [1.165, 1.54) is 14.0 Å². The van der Waals surface area contributed by atoms with Crippen molar-refractivity contribution in [2.45, 2.75) is 25.4 Å². The predicted octanol–water partition coefficient (Wildman–Crippen LogP) is -0.135. The van der Waals surface area contributed by atoms with E-state index in [9.17, 15) is 23.1 Å². The maximum absolute atomic E-state index is 12.6. The molecule has 1 fully saturated rings. The zero-order chi connectivity index (χ0) is 12.5. The van der Waals surface area contributed by atoms with Crippen LogP contribution in [0, 0.1) is 5.92 Å². The number of nitrogens with one attached hydrogen (secondary N) is 1. The van der Waals surface area contributed by atoms with Crippen molar-refractivity contribution in [2.75, 3.05) is 13.7 Å². The summed E-state index contributed by atoms with van der Waals surface area (Å²) < 4.78 is 42.2. The summed E-state index contributed by atoms with van der Waals surface area (Å²) in [5.74, 6) is -2.72. The van der Waals surface area contributed by atoms with Crippen molar-refractivity contribution < 1.29 is 27.8 Å². The van der Waals surface area contributed by atoms with Crippen LogP contribution in [0.5, 0.6) is 0 Å². The molecule has 94 valence electrons. The molecule has 2 N–H and O–H groups in total. The van der Waals surface area contributed by atoms with Gasteiger partial charge in [-0.05, 0) is 6.92 Å². The number of halogens is 3.